The minimum atomic E-state index is -4.40. The van der Waals surface area contributed by atoms with Crippen LogP contribution in [0.3, 0.4) is 0 Å². The van der Waals surface area contributed by atoms with Crippen LogP contribution >= 0.6 is 0 Å². The highest BCUT2D eigenvalue weighted by molar-refractivity contribution is 5.69. The monoisotopic (exact) mass is 540 g/mol. The number of likely N-dealkylation sites (N-methyl/N-ethyl adjacent to an activating group) is 1. The highest BCUT2D eigenvalue weighted by Crippen LogP contribution is 2.39. The summed E-state index contributed by atoms with van der Waals surface area (Å²) in [5, 5.41) is 0. The Morgan fingerprint density at radius 3 is 2.36 bits per heavy atom. The van der Waals surface area contributed by atoms with Gasteiger partial charge in [-0.1, -0.05) is 19.1 Å². The summed E-state index contributed by atoms with van der Waals surface area (Å²) in [5.41, 5.74) is 9.45. The molecule has 2 N–H and O–H groups in total. The van der Waals surface area contributed by atoms with Gasteiger partial charge in [0.1, 0.15) is 6.33 Å². The minimum absolute atomic E-state index is 0.250. The Morgan fingerprint density at radius 2 is 1.72 bits per heavy atom. The second-order valence-corrected chi connectivity index (χ2v) is 10.3. The number of hydrogen-bond donors (Lipinski definition) is 1. The van der Waals surface area contributed by atoms with E-state index < -0.39 is 11.7 Å². The molecule has 2 aliphatic rings. The SMILES string of the molecule is Cc1c(CN2CCN(C)CC2)cc(-c2ccc3c(c2)CN(c2cncnc2)CC3C)cc1C(F)(F)F.NC=O. The molecule has 0 spiro atoms. The number of nitrogens with zero attached hydrogens (tertiary/aromatic N) is 5. The molecule has 1 unspecified atom stereocenters. The van der Waals surface area contributed by atoms with Crippen molar-refractivity contribution in [3.8, 4) is 11.1 Å². The maximum atomic E-state index is 14.1. The molecule has 3 heterocycles. The molecule has 39 heavy (non-hydrogen) atoms. The molecular formula is C29H35F3N6O. The first-order valence-corrected chi connectivity index (χ1v) is 13.0. The number of aromatic nitrogens is 2. The number of halogens is 3. The van der Waals surface area contributed by atoms with E-state index in [9.17, 15) is 13.2 Å². The molecule has 0 radical (unpaired) electrons. The standard InChI is InChI=1S/C28H32F3N5.CH3NO/c1-19-15-36(25-13-32-18-33-14-25)17-24-10-21(4-5-26(19)24)22-11-23(16-35-8-6-34(3)7-9-35)20(2)27(12-22)28(29,30)31;2-1-3/h4-5,10-14,18-19H,6-9,15-17H2,1-3H3;1H,(H2,2,3). The predicted molar refractivity (Wildman–Crippen MR) is 146 cm³/mol. The summed E-state index contributed by atoms with van der Waals surface area (Å²) in [5.74, 6) is 0.291. The van der Waals surface area contributed by atoms with Gasteiger partial charge in [0, 0.05) is 45.8 Å². The zero-order valence-electron chi connectivity index (χ0n) is 22.6. The van der Waals surface area contributed by atoms with Gasteiger partial charge >= 0.3 is 6.18 Å². The third-order valence-corrected chi connectivity index (χ3v) is 7.59. The first-order valence-electron chi connectivity index (χ1n) is 13.0. The van der Waals surface area contributed by atoms with E-state index in [1.807, 2.05) is 12.1 Å². The third-order valence-electron chi connectivity index (χ3n) is 7.59. The molecule has 3 aromatic rings. The summed E-state index contributed by atoms with van der Waals surface area (Å²) in [6.45, 7) is 9.40. The van der Waals surface area contributed by atoms with Gasteiger partial charge in [0.15, 0.2) is 0 Å². The minimum Gasteiger partial charge on any atom is -0.372 e. The Bertz CT molecular complexity index is 1280. The highest BCUT2D eigenvalue weighted by Gasteiger charge is 2.34. The molecule has 0 aliphatic carbocycles. The third kappa shape index (κ3) is 6.75. The Balaban J connectivity index is 0.00000112. The fourth-order valence-electron chi connectivity index (χ4n) is 5.40. The summed E-state index contributed by atoms with van der Waals surface area (Å²) in [7, 11) is 2.08. The molecule has 7 nitrogen and oxygen atoms in total. The molecule has 1 saturated heterocycles. The molecule has 0 bridgehead atoms. The normalized spacial score (nSPS) is 18.2. The number of amides is 1. The van der Waals surface area contributed by atoms with Crippen molar-refractivity contribution >= 4 is 12.1 Å². The van der Waals surface area contributed by atoms with Gasteiger partial charge in [0.2, 0.25) is 6.41 Å². The molecule has 1 amide bonds. The predicted octanol–water partition coefficient (Wildman–Crippen LogP) is 4.44. The van der Waals surface area contributed by atoms with Crippen molar-refractivity contribution in [3.05, 3.63) is 76.9 Å². The number of nitrogens with two attached hydrogens (primary N) is 1. The van der Waals surface area contributed by atoms with Gasteiger partial charge in [-0.15, -0.1) is 0 Å². The highest BCUT2D eigenvalue weighted by atomic mass is 19.4. The van der Waals surface area contributed by atoms with E-state index in [4.69, 9.17) is 4.79 Å². The lowest BCUT2D eigenvalue weighted by Crippen LogP contribution is -2.44. The van der Waals surface area contributed by atoms with Crippen molar-refractivity contribution in [2.45, 2.75) is 39.0 Å². The average molecular weight is 541 g/mol. The van der Waals surface area contributed by atoms with Crippen molar-refractivity contribution in [1.82, 2.24) is 19.8 Å². The van der Waals surface area contributed by atoms with E-state index in [1.54, 1.807) is 19.3 Å². The Morgan fingerprint density at radius 1 is 1.05 bits per heavy atom. The number of primary amides is 1. The zero-order valence-corrected chi connectivity index (χ0v) is 22.6. The van der Waals surface area contributed by atoms with Gasteiger partial charge in [-0.2, -0.15) is 13.2 Å². The second kappa shape index (κ2) is 12.1. The van der Waals surface area contributed by atoms with Crippen LogP contribution in [-0.4, -0.2) is 65.9 Å². The van der Waals surface area contributed by atoms with E-state index in [-0.39, 0.29) is 6.41 Å². The lowest BCUT2D eigenvalue weighted by atomic mass is 9.87. The van der Waals surface area contributed by atoms with E-state index in [2.05, 4.69) is 56.5 Å². The largest absolute Gasteiger partial charge is 0.416 e. The molecule has 0 saturated carbocycles. The van der Waals surface area contributed by atoms with Gasteiger partial charge < -0.3 is 15.5 Å². The van der Waals surface area contributed by atoms with Gasteiger partial charge in [-0.25, -0.2) is 9.97 Å². The van der Waals surface area contributed by atoms with Crippen LogP contribution in [0.2, 0.25) is 0 Å². The maximum absolute atomic E-state index is 14.1. The Kier molecular flexibility index (Phi) is 8.87. The van der Waals surface area contributed by atoms with Crippen LogP contribution in [0.5, 0.6) is 0 Å². The molecular weight excluding hydrogens is 505 g/mol. The summed E-state index contributed by atoms with van der Waals surface area (Å²) >= 11 is 0. The molecule has 1 aromatic heterocycles. The molecule has 5 rings (SSSR count). The zero-order chi connectivity index (χ0) is 28.2. The van der Waals surface area contributed by atoms with E-state index in [0.717, 1.165) is 55.1 Å². The smallest absolute Gasteiger partial charge is 0.372 e. The number of rotatable bonds is 4. The number of piperazine rings is 1. The van der Waals surface area contributed by atoms with Crippen LogP contribution in [0, 0.1) is 6.92 Å². The second-order valence-electron chi connectivity index (χ2n) is 10.3. The number of hydrogen-bond acceptors (Lipinski definition) is 6. The summed E-state index contributed by atoms with van der Waals surface area (Å²) < 4.78 is 42.2. The van der Waals surface area contributed by atoms with Crippen LogP contribution in [0.25, 0.3) is 11.1 Å². The van der Waals surface area contributed by atoms with Gasteiger partial charge in [0.05, 0.1) is 23.6 Å². The number of carbonyl (C=O) groups is 1. The van der Waals surface area contributed by atoms with E-state index in [0.29, 0.717) is 30.1 Å². The van der Waals surface area contributed by atoms with Gasteiger partial charge in [0.25, 0.3) is 0 Å². The molecule has 1 atom stereocenters. The molecule has 2 aromatic carbocycles. The lowest BCUT2D eigenvalue weighted by Gasteiger charge is -2.34. The molecule has 2 aliphatic heterocycles. The summed E-state index contributed by atoms with van der Waals surface area (Å²) in [4.78, 5) is 23.6. The fraction of sp³-hybridized carbons (Fsp3) is 0.414. The average Bonchev–Trinajstić information content (AvgIpc) is 2.91. The van der Waals surface area contributed by atoms with Crippen LogP contribution < -0.4 is 10.6 Å². The van der Waals surface area contributed by atoms with Crippen LogP contribution in [0.15, 0.2) is 49.1 Å². The number of fused-ring (bicyclic) bond motifs is 1. The Hall–Kier alpha value is -3.50. The number of carbonyl (C=O) groups excluding carboxylic acids is 1. The number of anilines is 1. The van der Waals surface area contributed by atoms with Crippen molar-refractivity contribution in [2.24, 2.45) is 5.73 Å². The van der Waals surface area contributed by atoms with Crippen LogP contribution in [0.4, 0.5) is 18.9 Å². The topological polar surface area (TPSA) is 78.6 Å². The lowest BCUT2D eigenvalue weighted by molar-refractivity contribution is -0.138. The quantitative estimate of drug-likeness (QED) is 0.493. The van der Waals surface area contributed by atoms with E-state index in [1.165, 1.54) is 18.0 Å². The van der Waals surface area contributed by atoms with Crippen molar-refractivity contribution in [3.63, 3.8) is 0 Å². The molecule has 10 heteroatoms. The molecule has 1 fully saturated rings. The number of benzene rings is 2. The van der Waals surface area contributed by atoms with E-state index >= 15 is 0 Å². The Labute approximate surface area is 227 Å². The first-order chi connectivity index (χ1) is 18.6. The molecule has 208 valence electrons. The maximum Gasteiger partial charge on any atom is 0.416 e. The van der Waals surface area contributed by atoms with Crippen molar-refractivity contribution in [1.29, 1.82) is 0 Å². The van der Waals surface area contributed by atoms with Crippen LogP contribution in [-0.2, 0) is 24.1 Å². The van der Waals surface area contributed by atoms with Crippen molar-refractivity contribution in [2.75, 3.05) is 44.7 Å². The van der Waals surface area contributed by atoms with Crippen molar-refractivity contribution < 1.29 is 18.0 Å². The fourth-order valence-corrected chi connectivity index (χ4v) is 5.40. The van der Waals surface area contributed by atoms with Gasteiger partial charge in [-0.05, 0) is 71.5 Å². The summed E-state index contributed by atoms with van der Waals surface area (Å²) in [6, 6.07) is 9.40. The van der Waals surface area contributed by atoms with Crippen LogP contribution in [0.1, 0.15) is 40.7 Å². The van der Waals surface area contributed by atoms with Gasteiger partial charge in [-0.3, -0.25) is 9.69 Å². The number of alkyl halides is 3. The first kappa shape index (κ1) is 28.5. The summed E-state index contributed by atoms with van der Waals surface area (Å²) in [6.07, 6.45) is 0.964.